The molecule has 0 saturated carbocycles. The molecule has 0 radical (unpaired) electrons. The molecule has 1 N–H and O–H groups in total. The molecular formula is C13H18N2O3. The first kappa shape index (κ1) is 12.8. The Morgan fingerprint density at radius 2 is 2.06 bits per heavy atom. The number of nitrogens with zero attached hydrogens (tertiary/aromatic N) is 2. The van der Waals surface area contributed by atoms with Crippen LogP contribution in [0, 0.1) is 23.0 Å². The van der Waals surface area contributed by atoms with Gasteiger partial charge in [0, 0.05) is 18.7 Å². The number of hydrogen-bond acceptors (Lipinski definition) is 4. The number of nitro benzene ring substituents is 1. The van der Waals surface area contributed by atoms with Gasteiger partial charge in [-0.2, -0.15) is 0 Å². The van der Waals surface area contributed by atoms with Gasteiger partial charge in [-0.05, 0) is 18.9 Å². The van der Waals surface area contributed by atoms with E-state index in [1.807, 2.05) is 24.8 Å². The minimum absolute atomic E-state index is 0.142. The molecule has 0 spiro atoms. The molecule has 0 unspecified atom stereocenters. The van der Waals surface area contributed by atoms with Gasteiger partial charge in [0.15, 0.2) is 0 Å². The Hall–Kier alpha value is -1.62. The first-order valence-corrected chi connectivity index (χ1v) is 6.06. The fourth-order valence-electron chi connectivity index (χ4n) is 2.29. The standard InChI is InChI=1S/C13H18N2O3/c1-9(2)13(16)7-14(8-13)11-6-4-5-10(3)12(11)15(17)18/h4-6,9,16H,7-8H2,1-3H3. The number of para-hydroxylation sites is 1. The molecule has 1 aromatic carbocycles. The van der Waals surface area contributed by atoms with Gasteiger partial charge in [-0.15, -0.1) is 0 Å². The summed E-state index contributed by atoms with van der Waals surface area (Å²) in [6, 6.07) is 5.28. The third-order valence-electron chi connectivity index (χ3n) is 3.74. The summed E-state index contributed by atoms with van der Waals surface area (Å²) in [5, 5.41) is 21.3. The zero-order valence-electron chi connectivity index (χ0n) is 10.9. The Morgan fingerprint density at radius 1 is 1.44 bits per heavy atom. The Balaban J connectivity index is 2.27. The Kier molecular flexibility index (Phi) is 3.02. The van der Waals surface area contributed by atoms with Crippen LogP contribution < -0.4 is 4.90 Å². The maximum atomic E-state index is 11.1. The lowest BCUT2D eigenvalue weighted by Gasteiger charge is -2.50. The maximum Gasteiger partial charge on any atom is 0.295 e. The van der Waals surface area contributed by atoms with Gasteiger partial charge in [0.25, 0.3) is 5.69 Å². The van der Waals surface area contributed by atoms with Crippen molar-refractivity contribution in [2.24, 2.45) is 5.92 Å². The molecule has 1 aromatic rings. The molecule has 5 heteroatoms. The summed E-state index contributed by atoms with van der Waals surface area (Å²) < 4.78 is 0. The van der Waals surface area contributed by atoms with E-state index in [1.165, 1.54) is 0 Å². The van der Waals surface area contributed by atoms with Crippen LogP contribution in [0.3, 0.4) is 0 Å². The molecule has 0 aliphatic carbocycles. The molecule has 1 heterocycles. The average molecular weight is 250 g/mol. The molecule has 0 bridgehead atoms. The summed E-state index contributed by atoms with van der Waals surface area (Å²) in [5.41, 5.74) is 0.670. The van der Waals surface area contributed by atoms with Crippen molar-refractivity contribution < 1.29 is 10.0 Å². The quantitative estimate of drug-likeness (QED) is 0.659. The van der Waals surface area contributed by atoms with Gasteiger partial charge in [0.2, 0.25) is 0 Å². The van der Waals surface area contributed by atoms with Crippen molar-refractivity contribution in [1.29, 1.82) is 0 Å². The molecule has 5 nitrogen and oxygen atoms in total. The van der Waals surface area contributed by atoms with E-state index in [9.17, 15) is 15.2 Å². The zero-order valence-corrected chi connectivity index (χ0v) is 10.9. The third kappa shape index (κ3) is 1.95. The Bertz CT molecular complexity index is 479. The summed E-state index contributed by atoms with van der Waals surface area (Å²) in [7, 11) is 0. The van der Waals surface area contributed by atoms with Crippen molar-refractivity contribution in [3.63, 3.8) is 0 Å². The van der Waals surface area contributed by atoms with Gasteiger partial charge in [-0.1, -0.05) is 26.0 Å². The number of anilines is 1. The summed E-state index contributed by atoms with van der Waals surface area (Å²) in [4.78, 5) is 12.6. The molecular weight excluding hydrogens is 232 g/mol. The Morgan fingerprint density at radius 3 is 2.56 bits per heavy atom. The number of nitro groups is 1. The fraction of sp³-hybridized carbons (Fsp3) is 0.538. The van der Waals surface area contributed by atoms with E-state index >= 15 is 0 Å². The molecule has 0 atom stereocenters. The van der Waals surface area contributed by atoms with Crippen LogP contribution in [-0.4, -0.2) is 28.7 Å². The number of aliphatic hydroxyl groups is 1. The van der Waals surface area contributed by atoms with E-state index in [0.29, 0.717) is 24.3 Å². The van der Waals surface area contributed by atoms with Crippen LogP contribution in [0.5, 0.6) is 0 Å². The van der Waals surface area contributed by atoms with Crippen LogP contribution in [0.1, 0.15) is 19.4 Å². The first-order valence-electron chi connectivity index (χ1n) is 6.06. The number of benzene rings is 1. The second kappa shape index (κ2) is 4.24. The van der Waals surface area contributed by atoms with E-state index in [4.69, 9.17) is 0 Å². The van der Waals surface area contributed by atoms with Crippen LogP contribution in [-0.2, 0) is 0 Å². The normalized spacial score (nSPS) is 17.7. The summed E-state index contributed by atoms with van der Waals surface area (Å²) in [6.07, 6.45) is 0. The molecule has 1 saturated heterocycles. The highest BCUT2D eigenvalue weighted by Crippen LogP contribution is 2.38. The number of aryl methyl sites for hydroxylation is 1. The van der Waals surface area contributed by atoms with Gasteiger partial charge in [0.1, 0.15) is 11.3 Å². The maximum absolute atomic E-state index is 11.1. The minimum atomic E-state index is -0.725. The SMILES string of the molecule is Cc1cccc(N2CC(O)(C(C)C)C2)c1[N+](=O)[O-]. The van der Waals surface area contributed by atoms with Crippen molar-refractivity contribution in [1.82, 2.24) is 0 Å². The lowest BCUT2D eigenvalue weighted by molar-refractivity contribution is -0.384. The molecule has 1 fully saturated rings. The van der Waals surface area contributed by atoms with Gasteiger partial charge in [0.05, 0.1) is 4.92 Å². The second-order valence-electron chi connectivity index (χ2n) is 5.31. The molecule has 18 heavy (non-hydrogen) atoms. The highest BCUT2D eigenvalue weighted by Gasteiger charge is 2.45. The number of hydrogen-bond donors (Lipinski definition) is 1. The first-order chi connectivity index (χ1) is 8.35. The van der Waals surface area contributed by atoms with Crippen molar-refractivity contribution >= 4 is 11.4 Å². The summed E-state index contributed by atoms with van der Waals surface area (Å²) in [6.45, 7) is 6.56. The van der Waals surface area contributed by atoms with Crippen LogP contribution in [0.2, 0.25) is 0 Å². The second-order valence-corrected chi connectivity index (χ2v) is 5.31. The zero-order chi connectivity index (χ0) is 13.5. The lowest BCUT2D eigenvalue weighted by Crippen LogP contribution is -2.64. The summed E-state index contributed by atoms with van der Waals surface area (Å²) in [5.74, 6) is 0.151. The largest absolute Gasteiger partial charge is 0.386 e. The third-order valence-corrected chi connectivity index (χ3v) is 3.74. The molecule has 1 aliphatic heterocycles. The van der Waals surface area contributed by atoms with Crippen molar-refractivity contribution in [2.75, 3.05) is 18.0 Å². The number of β-amino-alcohol motifs (C(OH)–C–C–N with tert-alkyl or cyclic N) is 1. The van der Waals surface area contributed by atoms with Crippen molar-refractivity contribution in [2.45, 2.75) is 26.4 Å². The summed E-state index contributed by atoms with van der Waals surface area (Å²) >= 11 is 0. The predicted molar refractivity (Wildman–Crippen MR) is 69.8 cm³/mol. The van der Waals surface area contributed by atoms with Gasteiger partial charge < -0.3 is 10.0 Å². The van der Waals surface area contributed by atoms with E-state index in [-0.39, 0.29) is 16.5 Å². The fourth-order valence-corrected chi connectivity index (χ4v) is 2.29. The monoisotopic (exact) mass is 250 g/mol. The smallest absolute Gasteiger partial charge is 0.295 e. The van der Waals surface area contributed by atoms with E-state index in [0.717, 1.165) is 0 Å². The molecule has 0 aromatic heterocycles. The van der Waals surface area contributed by atoms with Crippen molar-refractivity contribution in [3.8, 4) is 0 Å². The van der Waals surface area contributed by atoms with Crippen LogP contribution in [0.4, 0.5) is 11.4 Å². The number of rotatable bonds is 3. The van der Waals surface area contributed by atoms with Gasteiger partial charge in [-0.25, -0.2) is 0 Å². The predicted octanol–water partition coefficient (Wildman–Crippen LogP) is 2.11. The van der Waals surface area contributed by atoms with Crippen LogP contribution in [0.15, 0.2) is 18.2 Å². The van der Waals surface area contributed by atoms with Crippen LogP contribution in [0.25, 0.3) is 0 Å². The molecule has 0 amide bonds. The Labute approximate surface area is 106 Å². The minimum Gasteiger partial charge on any atom is -0.386 e. The average Bonchev–Trinajstić information content (AvgIpc) is 2.23. The van der Waals surface area contributed by atoms with Gasteiger partial charge in [-0.3, -0.25) is 10.1 Å². The highest BCUT2D eigenvalue weighted by molar-refractivity contribution is 5.68. The molecule has 98 valence electrons. The molecule has 1 aliphatic rings. The van der Waals surface area contributed by atoms with E-state index in [2.05, 4.69) is 0 Å². The van der Waals surface area contributed by atoms with E-state index in [1.54, 1.807) is 19.1 Å². The van der Waals surface area contributed by atoms with Crippen LogP contribution >= 0.6 is 0 Å². The van der Waals surface area contributed by atoms with Gasteiger partial charge >= 0.3 is 0 Å². The highest BCUT2D eigenvalue weighted by atomic mass is 16.6. The van der Waals surface area contributed by atoms with Crippen molar-refractivity contribution in [3.05, 3.63) is 33.9 Å². The lowest BCUT2D eigenvalue weighted by atomic mass is 9.82. The topological polar surface area (TPSA) is 66.6 Å². The van der Waals surface area contributed by atoms with E-state index < -0.39 is 5.60 Å². The molecule has 2 rings (SSSR count).